The first-order chi connectivity index (χ1) is 7.72. The maximum atomic E-state index is 6.27. The van der Waals surface area contributed by atoms with Crippen LogP contribution in [0.3, 0.4) is 0 Å². The lowest BCUT2D eigenvalue weighted by atomic mass is 10.0. The van der Waals surface area contributed by atoms with Gasteiger partial charge in [0.05, 0.1) is 6.10 Å². The largest absolute Gasteiger partial charge is 0.377 e. The average Bonchev–Trinajstić information content (AvgIpc) is 3.01. The van der Waals surface area contributed by atoms with Crippen molar-refractivity contribution in [2.24, 2.45) is 11.7 Å². The molecule has 0 aromatic carbocycles. The molecule has 2 atom stereocenters. The van der Waals surface area contributed by atoms with Crippen LogP contribution < -0.4 is 5.73 Å². The summed E-state index contributed by atoms with van der Waals surface area (Å²) in [4.78, 5) is 1.33. The lowest BCUT2D eigenvalue weighted by Gasteiger charge is -2.23. The van der Waals surface area contributed by atoms with Gasteiger partial charge in [-0.05, 0) is 53.1 Å². The highest BCUT2D eigenvalue weighted by atomic mass is 79.9. The normalized spacial score (nSPS) is 19.7. The molecule has 1 heterocycles. The second-order valence-electron chi connectivity index (χ2n) is 4.32. The molecule has 1 aliphatic carbocycles. The molecule has 2 rings (SSSR count). The topological polar surface area (TPSA) is 35.2 Å². The van der Waals surface area contributed by atoms with E-state index in [1.165, 1.54) is 22.2 Å². The fourth-order valence-electron chi connectivity index (χ4n) is 2.03. The van der Waals surface area contributed by atoms with Crippen LogP contribution >= 0.6 is 27.3 Å². The highest BCUT2D eigenvalue weighted by Crippen LogP contribution is 2.36. The lowest BCUT2D eigenvalue weighted by molar-refractivity contribution is 0.0289. The van der Waals surface area contributed by atoms with Gasteiger partial charge in [-0.2, -0.15) is 0 Å². The Labute approximate surface area is 109 Å². The van der Waals surface area contributed by atoms with Crippen molar-refractivity contribution in [1.82, 2.24) is 0 Å². The van der Waals surface area contributed by atoms with E-state index in [2.05, 4.69) is 27.4 Å². The minimum atomic E-state index is 0.127. The number of hydrogen-bond donors (Lipinski definition) is 1. The minimum absolute atomic E-state index is 0.127. The molecular weight excluding hydrogens is 286 g/mol. The second kappa shape index (κ2) is 5.63. The van der Waals surface area contributed by atoms with Crippen LogP contribution in [0.25, 0.3) is 0 Å². The van der Waals surface area contributed by atoms with Crippen molar-refractivity contribution in [3.63, 3.8) is 0 Å². The van der Waals surface area contributed by atoms with Crippen LogP contribution in [0.15, 0.2) is 15.9 Å². The number of halogens is 1. The van der Waals surface area contributed by atoms with Gasteiger partial charge in [-0.15, -0.1) is 11.3 Å². The highest BCUT2D eigenvalue weighted by Gasteiger charge is 2.35. The molecule has 1 fully saturated rings. The predicted molar refractivity (Wildman–Crippen MR) is 71.8 cm³/mol. The number of hydrogen-bond acceptors (Lipinski definition) is 3. The Morgan fingerprint density at radius 3 is 2.88 bits per heavy atom. The van der Waals surface area contributed by atoms with E-state index in [1.54, 1.807) is 11.3 Å². The Balaban J connectivity index is 1.94. The molecule has 2 N–H and O–H groups in total. The summed E-state index contributed by atoms with van der Waals surface area (Å²) in [5.74, 6) is 0.702. The summed E-state index contributed by atoms with van der Waals surface area (Å²) in [6.45, 7) is 2.81. The highest BCUT2D eigenvalue weighted by molar-refractivity contribution is 9.10. The monoisotopic (exact) mass is 303 g/mol. The molecule has 2 unspecified atom stereocenters. The standard InChI is InChI=1S/C12H18BrNOS/c1-2-15-12(8-3-4-8)10(14)7-11-9(13)5-6-16-11/h5-6,8,10,12H,2-4,7,14H2,1H3. The van der Waals surface area contributed by atoms with Gasteiger partial charge < -0.3 is 10.5 Å². The first-order valence-electron chi connectivity index (χ1n) is 5.81. The van der Waals surface area contributed by atoms with E-state index in [1.807, 2.05) is 6.92 Å². The van der Waals surface area contributed by atoms with Crippen LogP contribution in [-0.4, -0.2) is 18.8 Å². The fourth-order valence-corrected chi connectivity index (χ4v) is 3.61. The van der Waals surface area contributed by atoms with E-state index < -0.39 is 0 Å². The third-order valence-corrected chi connectivity index (χ3v) is 4.93. The minimum Gasteiger partial charge on any atom is -0.377 e. The number of nitrogens with two attached hydrogens (primary N) is 1. The second-order valence-corrected chi connectivity index (χ2v) is 6.17. The summed E-state index contributed by atoms with van der Waals surface area (Å²) < 4.78 is 6.96. The van der Waals surface area contributed by atoms with Crippen LogP contribution in [0.1, 0.15) is 24.6 Å². The average molecular weight is 304 g/mol. The Morgan fingerprint density at radius 1 is 1.62 bits per heavy atom. The zero-order valence-electron chi connectivity index (χ0n) is 9.49. The molecule has 1 aromatic rings. The van der Waals surface area contributed by atoms with Crippen molar-refractivity contribution in [2.45, 2.75) is 38.3 Å². The SMILES string of the molecule is CCOC(C(N)Cc1sccc1Br)C1CC1. The van der Waals surface area contributed by atoms with Gasteiger partial charge >= 0.3 is 0 Å². The third-order valence-electron chi connectivity index (χ3n) is 2.98. The Hall–Kier alpha value is 0.100. The van der Waals surface area contributed by atoms with E-state index in [-0.39, 0.29) is 12.1 Å². The van der Waals surface area contributed by atoms with E-state index >= 15 is 0 Å². The molecule has 1 aromatic heterocycles. The molecule has 0 bridgehead atoms. The summed E-state index contributed by atoms with van der Waals surface area (Å²) in [5, 5.41) is 2.10. The van der Waals surface area contributed by atoms with Crippen LogP contribution in [0, 0.1) is 5.92 Å². The van der Waals surface area contributed by atoms with E-state index in [0.717, 1.165) is 13.0 Å². The molecular formula is C12H18BrNOS. The molecule has 1 saturated carbocycles. The molecule has 0 saturated heterocycles. The van der Waals surface area contributed by atoms with Crippen LogP contribution in [0.5, 0.6) is 0 Å². The maximum Gasteiger partial charge on any atom is 0.0757 e. The van der Waals surface area contributed by atoms with Crippen molar-refractivity contribution in [2.75, 3.05) is 6.61 Å². The number of rotatable bonds is 6. The molecule has 1 aliphatic rings. The predicted octanol–water partition coefficient (Wildman–Crippen LogP) is 3.20. The molecule has 0 radical (unpaired) electrons. The molecule has 0 aliphatic heterocycles. The summed E-state index contributed by atoms with van der Waals surface area (Å²) in [7, 11) is 0. The summed E-state index contributed by atoms with van der Waals surface area (Å²) in [6, 6.07) is 2.21. The van der Waals surface area contributed by atoms with E-state index in [9.17, 15) is 0 Å². The van der Waals surface area contributed by atoms with E-state index in [0.29, 0.717) is 5.92 Å². The third kappa shape index (κ3) is 3.06. The summed E-state index contributed by atoms with van der Waals surface area (Å²) in [6.07, 6.45) is 3.73. The first kappa shape index (κ1) is 12.6. The molecule has 16 heavy (non-hydrogen) atoms. The molecule has 90 valence electrons. The van der Waals surface area contributed by atoms with Crippen molar-refractivity contribution in [3.05, 3.63) is 20.8 Å². The molecule has 0 amide bonds. The molecule has 4 heteroatoms. The van der Waals surface area contributed by atoms with Gasteiger partial charge in [0.1, 0.15) is 0 Å². The van der Waals surface area contributed by atoms with Gasteiger partial charge in [-0.3, -0.25) is 0 Å². The van der Waals surface area contributed by atoms with Gasteiger partial charge in [0, 0.05) is 28.4 Å². The zero-order valence-corrected chi connectivity index (χ0v) is 11.9. The summed E-state index contributed by atoms with van der Waals surface area (Å²) in [5.41, 5.74) is 6.27. The van der Waals surface area contributed by atoms with Gasteiger partial charge in [-0.25, -0.2) is 0 Å². The zero-order chi connectivity index (χ0) is 11.5. The lowest BCUT2D eigenvalue weighted by Crippen LogP contribution is -2.40. The van der Waals surface area contributed by atoms with Crippen molar-refractivity contribution < 1.29 is 4.74 Å². The Bertz CT molecular complexity index is 338. The van der Waals surface area contributed by atoms with Crippen LogP contribution in [-0.2, 0) is 11.2 Å². The van der Waals surface area contributed by atoms with Gasteiger partial charge in [0.2, 0.25) is 0 Å². The first-order valence-corrected chi connectivity index (χ1v) is 7.48. The maximum absolute atomic E-state index is 6.27. The molecule has 2 nitrogen and oxygen atoms in total. The Kier molecular flexibility index (Phi) is 4.41. The smallest absolute Gasteiger partial charge is 0.0757 e. The number of thiophene rings is 1. The van der Waals surface area contributed by atoms with Crippen molar-refractivity contribution in [3.8, 4) is 0 Å². The van der Waals surface area contributed by atoms with Gasteiger partial charge in [0.15, 0.2) is 0 Å². The molecule has 0 spiro atoms. The van der Waals surface area contributed by atoms with E-state index in [4.69, 9.17) is 10.5 Å². The quantitative estimate of drug-likeness (QED) is 0.876. The van der Waals surface area contributed by atoms with Gasteiger partial charge in [0.25, 0.3) is 0 Å². The Morgan fingerprint density at radius 2 is 2.38 bits per heavy atom. The van der Waals surface area contributed by atoms with Crippen molar-refractivity contribution >= 4 is 27.3 Å². The van der Waals surface area contributed by atoms with Crippen molar-refractivity contribution in [1.29, 1.82) is 0 Å². The number of ether oxygens (including phenoxy) is 1. The van der Waals surface area contributed by atoms with Crippen LogP contribution in [0.2, 0.25) is 0 Å². The van der Waals surface area contributed by atoms with Crippen LogP contribution in [0.4, 0.5) is 0 Å². The van der Waals surface area contributed by atoms with Gasteiger partial charge in [-0.1, -0.05) is 0 Å². The fraction of sp³-hybridized carbons (Fsp3) is 0.667. The summed E-state index contributed by atoms with van der Waals surface area (Å²) >= 11 is 5.31.